The lowest BCUT2D eigenvalue weighted by Crippen LogP contribution is -2.24. The maximum absolute atomic E-state index is 5.40. The molecule has 0 bridgehead atoms. The van der Waals surface area contributed by atoms with E-state index in [0.717, 1.165) is 25.4 Å². The summed E-state index contributed by atoms with van der Waals surface area (Å²) in [4.78, 5) is 0. The quantitative estimate of drug-likeness (QED) is 0.610. The predicted molar refractivity (Wildman–Crippen MR) is 62.6 cm³/mol. The normalized spacial score (nSPS) is 14.4. The summed E-state index contributed by atoms with van der Waals surface area (Å²) in [6.45, 7) is 11.0. The lowest BCUT2D eigenvalue weighted by Gasteiger charge is -2.24. The molecule has 0 saturated heterocycles. The Morgan fingerprint density at radius 2 is 1.93 bits per heavy atom. The van der Waals surface area contributed by atoms with Crippen LogP contribution in [0.4, 0.5) is 0 Å². The van der Waals surface area contributed by atoms with E-state index >= 15 is 0 Å². The number of methoxy groups -OCH3 is 1. The van der Waals surface area contributed by atoms with Crippen molar-refractivity contribution in [2.24, 2.45) is 5.92 Å². The molecule has 0 rings (SSSR count). The van der Waals surface area contributed by atoms with Crippen LogP contribution in [-0.2, 0) is 4.74 Å². The molecule has 0 aromatic rings. The Morgan fingerprint density at radius 1 is 1.29 bits per heavy atom. The van der Waals surface area contributed by atoms with Gasteiger partial charge in [-0.05, 0) is 52.1 Å². The first-order chi connectivity index (χ1) is 6.52. The molecule has 0 aliphatic rings. The fourth-order valence-corrected chi connectivity index (χ4v) is 1.37. The molecule has 0 fully saturated rings. The summed E-state index contributed by atoms with van der Waals surface area (Å²) in [5, 5.41) is 3.36. The minimum atomic E-state index is 0.0481. The zero-order chi connectivity index (χ0) is 11.0. The van der Waals surface area contributed by atoms with Crippen LogP contribution in [0.2, 0.25) is 0 Å². The van der Waals surface area contributed by atoms with Gasteiger partial charge in [0.05, 0.1) is 5.60 Å². The molecule has 0 aliphatic carbocycles. The van der Waals surface area contributed by atoms with Crippen molar-refractivity contribution < 1.29 is 4.74 Å². The summed E-state index contributed by atoms with van der Waals surface area (Å²) in [5.74, 6) is 0.795. The summed E-state index contributed by atoms with van der Waals surface area (Å²) in [5.41, 5.74) is 0.0481. The van der Waals surface area contributed by atoms with Crippen LogP contribution in [0, 0.1) is 5.92 Å². The molecule has 0 aromatic carbocycles. The third-order valence-electron chi connectivity index (χ3n) is 2.86. The number of rotatable bonds is 8. The fraction of sp³-hybridized carbons (Fsp3) is 1.00. The molecule has 86 valence electrons. The van der Waals surface area contributed by atoms with Gasteiger partial charge in [0.25, 0.3) is 0 Å². The zero-order valence-electron chi connectivity index (χ0n) is 10.5. The SMILES string of the molecule is CCNCCC(C)CCC(C)(C)OC. The molecule has 0 heterocycles. The third-order valence-corrected chi connectivity index (χ3v) is 2.86. The Kier molecular flexibility index (Phi) is 7.20. The smallest absolute Gasteiger partial charge is 0.0622 e. The highest BCUT2D eigenvalue weighted by atomic mass is 16.5. The molecule has 0 saturated carbocycles. The second-order valence-corrected chi connectivity index (χ2v) is 4.75. The summed E-state index contributed by atoms with van der Waals surface area (Å²) < 4.78 is 5.40. The van der Waals surface area contributed by atoms with Crippen LogP contribution in [0.25, 0.3) is 0 Å². The van der Waals surface area contributed by atoms with Crippen LogP contribution in [0.1, 0.15) is 47.0 Å². The van der Waals surface area contributed by atoms with Crippen molar-refractivity contribution in [1.82, 2.24) is 5.32 Å². The van der Waals surface area contributed by atoms with Crippen LogP contribution in [0.5, 0.6) is 0 Å². The van der Waals surface area contributed by atoms with Crippen molar-refractivity contribution in [2.75, 3.05) is 20.2 Å². The highest BCUT2D eigenvalue weighted by Crippen LogP contribution is 2.20. The molecule has 0 amide bonds. The summed E-state index contributed by atoms with van der Waals surface area (Å²) in [6, 6.07) is 0. The Balaban J connectivity index is 3.48. The number of nitrogens with one attached hydrogen (secondary N) is 1. The minimum Gasteiger partial charge on any atom is -0.379 e. The minimum absolute atomic E-state index is 0.0481. The van der Waals surface area contributed by atoms with Crippen molar-refractivity contribution in [3.63, 3.8) is 0 Å². The van der Waals surface area contributed by atoms with Crippen molar-refractivity contribution in [2.45, 2.75) is 52.6 Å². The van der Waals surface area contributed by atoms with E-state index in [0.29, 0.717) is 0 Å². The molecule has 0 aromatic heterocycles. The second-order valence-electron chi connectivity index (χ2n) is 4.75. The number of hydrogen-bond donors (Lipinski definition) is 1. The number of ether oxygens (including phenoxy) is 1. The van der Waals surface area contributed by atoms with Crippen LogP contribution < -0.4 is 5.32 Å². The van der Waals surface area contributed by atoms with E-state index < -0.39 is 0 Å². The monoisotopic (exact) mass is 201 g/mol. The molecule has 1 N–H and O–H groups in total. The molecule has 2 nitrogen and oxygen atoms in total. The maximum Gasteiger partial charge on any atom is 0.0622 e. The van der Waals surface area contributed by atoms with Gasteiger partial charge in [0, 0.05) is 7.11 Å². The Labute approximate surface area is 89.4 Å². The first kappa shape index (κ1) is 13.9. The summed E-state index contributed by atoms with van der Waals surface area (Å²) in [7, 11) is 1.79. The van der Waals surface area contributed by atoms with Gasteiger partial charge in [0.2, 0.25) is 0 Å². The first-order valence-electron chi connectivity index (χ1n) is 5.77. The van der Waals surface area contributed by atoms with Crippen molar-refractivity contribution in [1.29, 1.82) is 0 Å². The topological polar surface area (TPSA) is 21.3 Å². The van der Waals surface area contributed by atoms with Gasteiger partial charge in [-0.25, -0.2) is 0 Å². The van der Waals surface area contributed by atoms with E-state index in [1.807, 2.05) is 0 Å². The largest absolute Gasteiger partial charge is 0.379 e. The van der Waals surface area contributed by atoms with Gasteiger partial charge >= 0.3 is 0 Å². The summed E-state index contributed by atoms with van der Waals surface area (Å²) >= 11 is 0. The van der Waals surface area contributed by atoms with Gasteiger partial charge < -0.3 is 10.1 Å². The van der Waals surface area contributed by atoms with Crippen molar-refractivity contribution >= 4 is 0 Å². The maximum atomic E-state index is 5.40. The van der Waals surface area contributed by atoms with E-state index in [4.69, 9.17) is 4.74 Å². The average Bonchev–Trinajstić information content (AvgIpc) is 2.16. The van der Waals surface area contributed by atoms with Gasteiger partial charge in [-0.2, -0.15) is 0 Å². The van der Waals surface area contributed by atoms with Gasteiger partial charge in [-0.3, -0.25) is 0 Å². The molecular formula is C12H27NO. The standard InChI is InChI=1S/C12H27NO/c1-6-13-10-8-11(2)7-9-12(3,4)14-5/h11,13H,6-10H2,1-5H3. The fourth-order valence-electron chi connectivity index (χ4n) is 1.37. The van der Waals surface area contributed by atoms with Crippen LogP contribution in [0.15, 0.2) is 0 Å². The Hall–Kier alpha value is -0.0800. The molecule has 2 heteroatoms. The Bertz CT molecular complexity index is 134. The molecule has 14 heavy (non-hydrogen) atoms. The molecular weight excluding hydrogens is 174 g/mol. The highest BCUT2D eigenvalue weighted by Gasteiger charge is 2.17. The third kappa shape index (κ3) is 7.34. The van der Waals surface area contributed by atoms with E-state index in [1.165, 1.54) is 12.8 Å². The van der Waals surface area contributed by atoms with E-state index in [1.54, 1.807) is 7.11 Å². The molecule has 1 unspecified atom stereocenters. The van der Waals surface area contributed by atoms with Gasteiger partial charge in [-0.15, -0.1) is 0 Å². The van der Waals surface area contributed by atoms with Crippen LogP contribution >= 0.6 is 0 Å². The second kappa shape index (κ2) is 7.24. The zero-order valence-corrected chi connectivity index (χ0v) is 10.5. The van der Waals surface area contributed by atoms with Gasteiger partial charge in [0.1, 0.15) is 0 Å². The highest BCUT2D eigenvalue weighted by molar-refractivity contribution is 4.69. The van der Waals surface area contributed by atoms with Crippen molar-refractivity contribution in [3.05, 3.63) is 0 Å². The van der Waals surface area contributed by atoms with Gasteiger partial charge in [-0.1, -0.05) is 13.8 Å². The van der Waals surface area contributed by atoms with E-state index in [2.05, 4.69) is 33.0 Å². The number of hydrogen-bond acceptors (Lipinski definition) is 2. The lowest BCUT2D eigenvalue weighted by atomic mass is 9.94. The summed E-state index contributed by atoms with van der Waals surface area (Å²) in [6.07, 6.45) is 3.68. The molecule has 0 aliphatic heterocycles. The average molecular weight is 201 g/mol. The first-order valence-corrected chi connectivity index (χ1v) is 5.77. The molecule has 0 spiro atoms. The van der Waals surface area contributed by atoms with E-state index in [9.17, 15) is 0 Å². The van der Waals surface area contributed by atoms with E-state index in [-0.39, 0.29) is 5.60 Å². The van der Waals surface area contributed by atoms with Crippen LogP contribution in [0.3, 0.4) is 0 Å². The Morgan fingerprint density at radius 3 is 2.43 bits per heavy atom. The molecule has 1 atom stereocenters. The van der Waals surface area contributed by atoms with Crippen LogP contribution in [-0.4, -0.2) is 25.8 Å². The van der Waals surface area contributed by atoms with Crippen molar-refractivity contribution in [3.8, 4) is 0 Å². The predicted octanol–water partition coefficient (Wildman–Crippen LogP) is 2.83. The molecule has 0 radical (unpaired) electrons. The lowest BCUT2D eigenvalue weighted by molar-refractivity contribution is 0.0106. The van der Waals surface area contributed by atoms with Gasteiger partial charge in [0.15, 0.2) is 0 Å².